The second-order valence-electron chi connectivity index (χ2n) is 4.95. The molecule has 3 rings (SSSR count). The maximum Gasteiger partial charge on any atom is 0.228 e. The van der Waals surface area contributed by atoms with Crippen LogP contribution in [-0.4, -0.2) is 26.2 Å². The number of hydrogen-bond donors (Lipinski definition) is 1. The zero-order chi connectivity index (χ0) is 15.7. The van der Waals surface area contributed by atoms with Crippen molar-refractivity contribution in [2.24, 2.45) is 0 Å². The van der Waals surface area contributed by atoms with E-state index in [-0.39, 0.29) is 0 Å². The van der Waals surface area contributed by atoms with Crippen molar-refractivity contribution in [1.29, 1.82) is 0 Å². The third-order valence-electron chi connectivity index (χ3n) is 3.39. The fourth-order valence-corrected chi connectivity index (χ4v) is 3.93. The van der Waals surface area contributed by atoms with E-state index in [1.165, 1.54) is 10.7 Å². The molecule has 2 aromatic rings. The van der Waals surface area contributed by atoms with E-state index in [0.29, 0.717) is 5.75 Å². The molecular weight excluding hydrogens is 320 g/mol. The van der Waals surface area contributed by atoms with Gasteiger partial charge in [-0.15, -0.1) is 15.8 Å². The predicted octanol–water partition coefficient (Wildman–Crippen LogP) is 2.62. The minimum absolute atomic E-state index is 0.401. The van der Waals surface area contributed by atoms with Gasteiger partial charge in [0.1, 0.15) is 5.75 Å². The summed E-state index contributed by atoms with van der Waals surface area (Å²) in [6.45, 7) is 0. The number of methoxy groups -OCH3 is 1. The summed E-state index contributed by atoms with van der Waals surface area (Å²) in [5, 5.41) is 1.96. The van der Waals surface area contributed by atoms with Crippen LogP contribution in [0.4, 0.5) is 0 Å². The quantitative estimate of drug-likeness (QED) is 0.932. The van der Waals surface area contributed by atoms with Crippen LogP contribution in [0.5, 0.6) is 5.75 Å². The molecule has 5 nitrogen and oxygen atoms in total. The highest BCUT2D eigenvalue weighted by Crippen LogP contribution is 2.35. The smallest absolute Gasteiger partial charge is 0.228 e. The Labute approximate surface area is 133 Å². The van der Waals surface area contributed by atoms with Crippen molar-refractivity contribution >= 4 is 27.1 Å². The van der Waals surface area contributed by atoms with E-state index in [2.05, 4.69) is 5.43 Å². The van der Waals surface area contributed by atoms with Crippen molar-refractivity contribution < 1.29 is 13.2 Å². The first-order valence-electron chi connectivity index (χ1n) is 6.65. The molecule has 0 saturated carbocycles. The van der Waals surface area contributed by atoms with Crippen LogP contribution in [0.2, 0.25) is 0 Å². The van der Waals surface area contributed by atoms with Gasteiger partial charge in [-0.3, -0.25) is 0 Å². The molecule has 0 fully saturated rings. The molecule has 0 amide bonds. The number of sulfonamides is 1. The Hall–Kier alpha value is -1.83. The normalized spacial score (nSPS) is 18.8. The zero-order valence-corrected chi connectivity index (χ0v) is 13.8. The second-order valence-corrected chi connectivity index (χ2v) is 7.76. The van der Waals surface area contributed by atoms with Gasteiger partial charge < -0.3 is 10.2 Å². The molecule has 0 unspecified atom stereocenters. The Morgan fingerprint density at radius 3 is 2.73 bits per heavy atom. The first kappa shape index (κ1) is 15.1. The molecule has 1 aromatic carbocycles. The fraction of sp³-hybridized carbons (Fsp3) is 0.200. The lowest BCUT2D eigenvalue weighted by atomic mass is 10.1. The summed E-state index contributed by atoms with van der Waals surface area (Å²) in [6, 6.07) is 10.9. The van der Waals surface area contributed by atoms with Crippen LogP contribution in [0.15, 0.2) is 47.9 Å². The van der Waals surface area contributed by atoms with E-state index < -0.39 is 16.1 Å². The molecule has 0 bridgehead atoms. The summed E-state index contributed by atoms with van der Waals surface area (Å²) in [7, 11) is -1.82. The van der Waals surface area contributed by atoms with Crippen molar-refractivity contribution in [2.75, 3.05) is 13.4 Å². The third-order valence-corrected chi connectivity index (χ3v) is 5.32. The number of hydrogen-bond acceptors (Lipinski definition) is 5. The maximum atomic E-state index is 12.1. The van der Waals surface area contributed by atoms with Gasteiger partial charge >= 0.3 is 0 Å². The number of thiophene rings is 1. The molecule has 0 spiro atoms. The molecule has 2 heterocycles. The Morgan fingerprint density at radius 1 is 1.27 bits per heavy atom. The summed E-state index contributed by atoms with van der Waals surface area (Å²) in [6.07, 6.45) is 3.11. The highest BCUT2D eigenvalue weighted by molar-refractivity contribution is 7.88. The monoisotopic (exact) mass is 336 g/mol. The Bertz CT molecular complexity index is 798. The molecular formula is C15H16N2O3S2. The number of benzene rings is 1. The molecule has 0 saturated heterocycles. The van der Waals surface area contributed by atoms with Crippen LogP contribution in [0.1, 0.15) is 16.5 Å². The Morgan fingerprint density at radius 2 is 2.09 bits per heavy atom. The molecule has 0 aliphatic carbocycles. The summed E-state index contributed by atoms with van der Waals surface area (Å²) in [5.41, 5.74) is 4.65. The van der Waals surface area contributed by atoms with Gasteiger partial charge in [0, 0.05) is 0 Å². The molecule has 1 aromatic heterocycles. The molecule has 1 atom stereocenters. The van der Waals surface area contributed by atoms with Gasteiger partial charge in [-0.25, -0.2) is 8.42 Å². The van der Waals surface area contributed by atoms with Crippen molar-refractivity contribution in [1.82, 2.24) is 9.84 Å². The summed E-state index contributed by atoms with van der Waals surface area (Å²) in [5.74, 6) is 0.698. The van der Waals surface area contributed by atoms with Gasteiger partial charge in [-0.1, -0.05) is 18.2 Å². The van der Waals surface area contributed by atoms with E-state index in [9.17, 15) is 8.42 Å². The molecule has 116 valence electrons. The fourth-order valence-electron chi connectivity index (χ4n) is 2.37. The van der Waals surface area contributed by atoms with Gasteiger partial charge in [0.05, 0.1) is 30.0 Å². The number of nitrogens with zero attached hydrogens (tertiary/aromatic N) is 1. The van der Waals surface area contributed by atoms with Crippen LogP contribution >= 0.6 is 11.3 Å². The number of rotatable bonds is 4. The third kappa shape index (κ3) is 2.87. The Kier molecular flexibility index (Phi) is 3.94. The number of nitrogens with one attached hydrogen (secondary N) is 1. The van der Waals surface area contributed by atoms with Gasteiger partial charge in [-0.2, -0.15) is 0 Å². The van der Waals surface area contributed by atoms with Crippen molar-refractivity contribution in [3.05, 3.63) is 58.3 Å². The van der Waals surface area contributed by atoms with Crippen LogP contribution in [0, 0.1) is 0 Å². The maximum absolute atomic E-state index is 12.1. The van der Waals surface area contributed by atoms with Gasteiger partial charge in [0.25, 0.3) is 0 Å². The summed E-state index contributed by atoms with van der Waals surface area (Å²) >= 11 is 1.56. The van der Waals surface area contributed by atoms with Crippen molar-refractivity contribution in [3.63, 3.8) is 0 Å². The minimum Gasteiger partial charge on any atom is -0.497 e. The van der Waals surface area contributed by atoms with Gasteiger partial charge in [0.15, 0.2) is 0 Å². The highest BCUT2D eigenvalue weighted by Gasteiger charge is 2.33. The molecule has 1 N–H and O–H groups in total. The summed E-state index contributed by atoms with van der Waals surface area (Å²) < 4.78 is 30.7. The highest BCUT2D eigenvalue weighted by atomic mass is 32.2. The van der Waals surface area contributed by atoms with Crippen molar-refractivity contribution in [3.8, 4) is 5.75 Å². The SMILES string of the molecule is COc1cccc([C@H]2C=C(c3cccs3)NN2S(C)(=O)=O)c1. The van der Waals surface area contributed by atoms with Crippen molar-refractivity contribution in [2.45, 2.75) is 6.04 Å². The van der Waals surface area contributed by atoms with Crippen LogP contribution in [0.3, 0.4) is 0 Å². The largest absolute Gasteiger partial charge is 0.497 e. The number of ether oxygens (including phenoxy) is 1. The van der Waals surface area contributed by atoms with E-state index in [4.69, 9.17) is 4.74 Å². The molecule has 1 aliphatic rings. The predicted molar refractivity (Wildman–Crippen MR) is 87.8 cm³/mol. The average molecular weight is 336 g/mol. The topological polar surface area (TPSA) is 58.6 Å². The molecule has 1 aliphatic heterocycles. The van der Waals surface area contributed by atoms with Crippen LogP contribution in [0.25, 0.3) is 5.70 Å². The Balaban J connectivity index is 2.04. The van der Waals surface area contributed by atoms with E-state index >= 15 is 0 Å². The van der Waals surface area contributed by atoms with Gasteiger partial charge in [0.2, 0.25) is 10.0 Å². The van der Waals surface area contributed by atoms with E-state index in [1.807, 2.05) is 47.9 Å². The summed E-state index contributed by atoms with van der Waals surface area (Å²) in [4.78, 5) is 0.999. The van der Waals surface area contributed by atoms with Gasteiger partial charge in [-0.05, 0) is 35.2 Å². The van der Waals surface area contributed by atoms with Crippen LogP contribution < -0.4 is 10.2 Å². The average Bonchev–Trinajstić information content (AvgIpc) is 3.15. The minimum atomic E-state index is -3.41. The lowest BCUT2D eigenvalue weighted by molar-refractivity contribution is 0.349. The first-order valence-corrected chi connectivity index (χ1v) is 9.37. The zero-order valence-electron chi connectivity index (χ0n) is 12.2. The lowest BCUT2D eigenvalue weighted by Crippen LogP contribution is -2.38. The van der Waals surface area contributed by atoms with E-state index in [1.54, 1.807) is 18.4 Å². The van der Waals surface area contributed by atoms with E-state index in [0.717, 1.165) is 16.1 Å². The standard InChI is InChI=1S/C15H16N2O3S2/c1-20-12-6-3-5-11(9-12)14-10-13(15-7-4-8-21-15)16-17(14)22(2,18)19/h3-10,14,16H,1-2H3/t14-/m1/s1. The molecule has 0 radical (unpaired) electrons. The number of hydrazine groups is 1. The van der Waals surface area contributed by atoms with Crippen LogP contribution in [-0.2, 0) is 10.0 Å². The first-order chi connectivity index (χ1) is 10.5. The molecule has 7 heteroatoms. The molecule has 22 heavy (non-hydrogen) atoms. The lowest BCUT2D eigenvalue weighted by Gasteiger charge is -2.23. The second kappa shape index (κ2) is 5.75.